The van der Waals surface area contributed by atoms with Crippen LogP contribution in [0.3, 0.4) is 0 Å². The van der Waals surface area contributed by atoms with Crippen molar-refractivity contribution >= 4 is 11.7 Å². The molecule has 6 heteroatoms. The van der Waals surface area contributed by atoms with E-state index in [0.29, 0.717) is 11.4 Å². The molecule has 4 N–H and O–H groups in total. The minimum atomic E-state index is -0.600. The maximum Gasteiger partial charge on any atom is 0.254 e. The number of rotatable bonds is 3. The average molecular weight is 232 g/mol. The number of primary amides is 1. The summed E-state index contributed by atoms with van der Waals surface area (Å²) in [5, 5.41) is 4.02. The lowest BCUT2D eigenvalue weighted by Gasteiger charge is -2.06. The molecule has 0 aliphatic rings. The first kappa shape index (κ1) is 11.0. The molecule has 0 spiro atoms. The van der Waals surface area contributed by atoms with E-state index in [1.807, 2.05) is 0 Å². The SMILES string of the molecule is COc1cccc(-n2ncc(C(N)=O)c2N)c1. The van der Waals surface area contributed by atoms with Crippen LogP contribution in [0.4, 0.5) is 5.82 Å². The van der Waals surface area contributed by atoms with Crippen molar-refractivity contribution in [1.29, 1.82) is 0 Å². The second kappa shape index (κ2) is 4.17. The molecule has 0 unspecified atom stereocenters. The van der Waals surface area contributed by atoms with Crippen LogP contribution in [0.15, 0.2) is 30.5 Å². The van der Waals surface area contributed by atoms with E-state index in [2.05, 4.69) is 5.10 Å². The van der Waals surface area contributed by atoms with Gasteiger partial charge in [0.15, 0.2) is 0 Å². The van der Waals surface area contributed by atoms with Crippen LogP contribution in [0.25, 0.3) is 5.69 Å². The van der Waals surface area contributed by atoms with Gasteiger partial charge < -0.3 is 16.2 Å². The van der Waals surface area contributed by atoms with Gasteiger partial charge in [0.25, 0.3) is 5.91 Å². The van der Waals surface area contributed by atoms with Gasteiger partial charge in [-0.15, -0.1) is 0 Å². The molecule has 0 bridgehead atoms. The fourth-order valence-corrected chi connectivity index (χ4v) is 1.50. The van der Waals surface area contributed by atoms with Gasteiger partial charge in [0.1, 0.15) is 17.1 Å². The third-order valence-corrected chi connectivity index (χ3v) is 2.37. The van der Waals surface area contributed by atoms with Gasteiger partial charge in [-0.2, -0.15) is 5.10 Å². The third-order valence-electron chi connectivity index (χ3n) is 2.37. The first-order chi connectivity index (χ1) is 8.13. The molecule has 1 aromatic heterocycles. The maximum atomic E-state index is 11.1. The predicted octanol–water partition coefficient (Wildman–Crippen LogP) is 0.562. The lowest BCUT2D eigenvalue weighted by atomic mass is 10.3. The van der Waals surface area contributed by atoms with Crippen molar-refractivity contribution in [3.63, 3.8) is 0 Å². The number of aromatic nitrogens is 2. The minimum absolute atomic E-state index is 0.202. The van der Waals surface area contributed by atoms with E-state index in [1.165, 1.54) is 10.9 Å². The lowest BCUT2D eigenvalue weighted by Crippen LogP contribution is -2.13. The van der Waals surface area contributed by atoms with E-state index in [0.717, 1.165) is 0 Å². The summed E-state index contributed by atoms with van der Waals surface area (Å²) in [6.45, 7) is 0. The van der Waals surface area contributed by atoms with E-state index < -0.39 is 5.91 Å². The monoisotopic (exact) mass is 232 g/mol. The Morgan fingerprint density at radius 3 is 2.82 bits per heavy atom. The highest BCUT2D eigenvalue weighted by Gasteiger charge is 2.13. The smallest absolute Gasteiger partial charge is 0.254 e. The molecule has 0 atom stereocenters. The van der Waals surface area contributed by atoms with Crippen molar-refractivity contribution in [3.8, 4) is 11.4 Å². The van der Waals surface area contributed by atoms with Crippen LogP contribution in [0.5, 0.6) is 5.75 Å². The van der Waals surface area contributed by atoms with Gasteiger partial charge in [0.05, 0.1) is 19.0 Å². The number of nitrogens with two attached hydrogens (primary N) is 2. The molecule has 2 aromatic rings. The number of nitrogens with zero attached hydrogens (tertiary/aromatic N) is 2. The molecule has 88 valence electrons. The Kier molecular flexibility index (Phi) is 2.70. The molecule has 0 fully saturated rings. The Morgan fingerprint density at radius 1 is 1.47 bits per heavy atom. The molecular formula is C11H12N4O2. The molecule has 2 rings (SSSR count). The average Bonchev–Trinajstić information content (AvgIpc) is 2.71. The second-order valence-corrected chi connectivity index (χ2v) is 3.42. The number of benzene rings is 1. The molecule has 17 heavy (non-hydrogen) atoms. The van der Waals surface area contributed by atoms with E-state index in [1.54, 1.807) is 31.4 Å². The summed E-state index contributed by atoms with van der Waals surface area (Å²) in [4.78, 5) is 11.1. The largest absolute Gasteiger partial charge is 0.497 e. The number of carbonyl (C=O) groups excluding carboxylic acids is 1. The maximum absolute atomic E-state index is 11.1. The summed E-state index contributed by atoms with van der Waals surface area (Å²) in [7, 11) is 1.57. The number of anilines is 1. The summed E-state index contributed by atoms with van der Waals surface area (Å²) >= 11 is 0. The Hall–Kier alpha value is -2.50. The fraction of sp³-hybridized carbons (Fsp3) is 0.0909. The van der Waals surface area contributed by atoms with Gasteiger partial charge in [-0.1, -0.05) is 6.07 Å². The molecule has 1 aromatic carbocycles. The molecule has 0 saturated heterocycles. The number of amides is 1. The van der Waals surface area contributed by atoms with Crippen molar-refractivity contribution in [1.82, 2.24) is 9.78 Å². The van der Waals surface area contributed by atoms with E-state index >= 15 is 0 Å². The summed E-state index contributed by atoms with van der Waals surface area (Å²) in [5.41, 5.74) is 11.9. The van der Waals surface area contributed by atoms with Crippen LogP contribution in [0.2, 0.25) is 0 Å². The first-order valence-corrected chi connectivity index (χ1v) is 4.91. The van der Waals surface area contributed by atoms with Crippen LogP contribution >= 0.6 is 0 Å². The number of hydrogen-bond donors (Lipinski definition) is 2. The summed E-state index contributed by atoms with van der Waals surface area (Å²) in [6.07, 6.45) is 1.34. The molecule has 0 radical (unpaired) electrons. The van der Waals surface area contributed by atoms with Crippen LogP contribution in [-0.2, 0) is 0 Å². The highest BCUT2D eigenvalue weighted by molar-refractivity contribution is 5.97. The first-order valence-electron chi connectivity index (χ1n) is 4.91. The zero-order valence-electron chi connectivity index (χ0n) is 9.25. The zero-order chi connectivity index (χ0) is 12.4. The summed E-state index contributed by atoms with van der Waals surface area (Å²) in [6, 6.07) is 7.17. The Bertz CT molecular complexity index is 562. The van der Waals surface area contributed by atoms with E-state index in [9.17, 15) is 4.79 Å². The van der Waals surface area contributed by atoms with Gasteiger partial charge >= 0.3 is 0 Å². The van der Waals surface area contributed by atoms with Crippen LogP contribution < -0.4 is 16.2 Å². The lowest BCUT2D eigenvalue weighted by molar-refractivity contribution is 0.100. The minimum Gasteiger partial charge on any atom is -0.497 e. The van der Waals surface area contributed by atoms with Gasteiger partial charge in [-0.25, -0.2) is 4.68 Å². The standard InChI is InChI=1S/C11H12N4O2/c1-17-8-4-2-3-7(5-8)15-10(12)9(6-14-15)11(13)16/h2-6H,12H2,1H3,(H2,13,16). The number of methoxy groups -OCH3 is 1. The highest BCUT2D eigenvalue weighted by Crippen LogP contribution is 2.20. The van der Waals surface area contributed by atoms with Gasteiger partial charge in [-0.05, 0) is 12.1 Å². The highest BCUT2D eigenvalue weighted by atomic mass is 16.5. The van der Waals surface area contributed by atoms with Crippen LogP contribution in [-0.4, -0.2) is 22.8 Å². The molecular weight excluding hydrogens is 220 g/mol. The fourth-order valence-electron chi connectivity index (χ4n) is 1.50. The number of nitrogen functional groups attached to an aromatic ring is 1. The second-order valence-electron chi connectivity index (χ2n) is 3.42. The normalized spacial score (nSPS) is 10.2. The summed E-state index contributed by atoms with van der Waals surface area (Å²) in [5.74, 6) is 0.292. The summed E-state index contributed by atoms with van der Waals surface area (Å²) < 4.78 is 6.53. The molecule has 1 heterocycles. The predicted molar refractivity (Wildman–Crippen MR) is 63.0 cm³/mol. The molecule has 0 aliphatic carbocycles. The van der Waals surface area contributed by atoms with Gasteiger partial charge in [-0.3, -0.25) is 4.79 Å². The Morgan fingerprint density at radius 2 is 2.24 bits per heavy atom. The number of hydrogen-bond acceptors (Lipinski definition) is 4. The van der Waals surface area contributed by atoms with Crippen LogP contribution in [0, 0.1) is 0 Å². The molecule has 1 amide bonds. The zero-order valence-corrected chi connectivity index (χ0v) is 9.25. The van der Waals surface area contributed by atoms with Gasteiger partial charge in [0.2, 0.25) is 0 Å². The van der Waals surface area contributed by atoms with E-state index in [-0.39, 0.29) is 11.4 Å². The quantitative estimate of drug-likeness (QED) is 0.808. The molecule has 6 nitrogen and oxygen atoms in total. The molecule has 0 aliphatic heterocycles. The number of carbonyl (C=O) groups is 1. The van der Waals surface area contributed by atoms with Crippen molar-refractivity contribution in [2.75, 3.05) is 12.8 Å². The van der Waals surface area contributed by atoms with Crippen LogP contribution in [0.1, 0.15) is 10.4 Å². The van der Waals surface area contributed by atoms with Crippen molar-refractivity contribution < 1.29 is 9.53 Å². The third kappa shape index (κ3) is 1.92. The van der Waals surface area contributed by atoms with Crippen molar-refractivity contribution in [2.45, 2.75) is 0 Å². The Labute approximate surface area is 97.8 Å². The van der Waals surface area contributed by atoms with E-state index in [4.69, 9.17) is 16.2 Å². The topological polar surface area (TPSA) is 96.2 Å². The molecule has 0 saturated carbocycles. The Balaban J connectivity index is 2.49. The number of ether oxygens (including phenoxy) is 1. The van der Waals surface area contributed by atoms with Crippen molar-refractivity contribution in [2.24, 2.45) is 5.73 Å². The van der Waals surface area contributed by atoms with Crippen molar-refractivity contribution in [3.05, 3.63) is 36.0 Å². The van der Waals surface area contributed by atoms with Gasteiger partial charge in [0, 0.05) is 6.07 Å².